The molecule has 3 atom stereocenters. The standard InChI is InChI=1S/C38H80NO4.ClH/c1-4-6-8-10-12-14-16-18-20-22-24-26-28-30-32-39(3,34-36(41)38(43)37(42)35-40)33-31-29-27-25-23-21-19-17-15-13-11-9-7-5-2;/h36-38,40-43H,4-35H2,1-3H3;1H/q+1;/p-1/t36-,37-,38+;/m1./s1. The van der Waals surface area contributed by atoms with Crippen LogP contribution in [0.1, 0.15) is 194 Å². The summed E-state index contributed by atoms with van der Waals surface area (Å²) in [6.07, 6.45) is 34.1. The lowest BCUT2D eigenvalue weighted by Crippen LogP contribution is -3.00. The van der Waals surface area contributed by atoms with Gasteiger partial charge in [0, 0.05) is 0 Å². The molecule has 0 aliphatic rings. The Hall–Kier alpha value is 0.0900. The maximum Gasteiger partial charge on any atom is 0.131 e. The van der Waals surface area contributed by atoms with Gasteiger partial charge < -0.3 is 37.3 Å². The van der Waals surface area contributed by atoms with E-state index in [0.717, 1.165) is 30.4 Å². The third-order valence-electron chi connectivity index (χ3n) is 9.71. The van der Waals surface area contributed by atoms with E-state index in [4.69, 9.17) is 0 Å². The van der Waals surface area contributed by atoms with Crippen LogP contribution in [0, 0.1) is 0 Å². The van der Waals surface area contributed by atoms with Crippen LogP contribution in [0.5, 0.6) is 0 Å². The molecule has 44 heavy (non-hydrogen) atoms. The highest BCUT2D eigenvalue weighted by atomic mass is 35.5. The Labute approximate surface area is 282 Å². The molecule has 4 N–H and O–H groups in total. The number of rotatable bonds is 35. The molecule has 0 saturated heterocycles. The summed E-state index contributed by atoms with van der Waals surface area (Å²) in [4.78, 5) is 0. The number of hydrogen-bond acceptors (Lipinski definition) is 4. The van der Waals surface area contributed by atoms with Crippen LogP contribution < -0.4 is 12.4 Å². The second kappa shape index (κ2) is 34.4. The SMILES string of the molecule is CCCCCCCCCCCCCCCC[N+](C)(CCCCCCCCCCCCCCCC)C[C@@H](O)[C@H](O)[C@H](O)CO.[Cl-]. The molecular weight excluding hydrogens is 570 g/mol. The smallest absolute Gasteiger partial charge is 0.131 e. The second-order valence-electron chi connectivity index (χ2n) is 14.2. The van der Waals surface area contributed by atoms with E-state index >= 15 is 0 Å². The summed E-state index contributed by atoms with van der Waals surface area (Å²) in [6.45, 7) is 6.45. The van der Waals surface area contributed by atoms with E-state index in [1.807, 2.05) is 0 Å². The van der Waals surface area contributed by atoms with Crippen molar-refractivity contribution in [3.05, 3.63) is 0 Å². The van der Waals surface area contributed by atoms with E-state index < -0.39 is 24.9 Å². The molecule has 0 radical (unpaired) electrons. The van der Waals surface area contributed by atoms with Crippen LogP contribution in [0.4, 0.5) is 0 Å². The normalized spacial score (nSPS) is 14.0. The molecule has 0 spiro atoms. The quantitative estimate of drug-likeness (QED) is 0.0468. The van der Waals surface area contributed by atoms with Gasteiger partial charge in [-0.1, -0.05) is 168 Å². The maximum absolute atomic E-state index is 10.6. The summed E-state index contributed by atoms with van der Waals surface area (Å²) in [5, 5.41) is 40.0. The minimum Gasteiger partial charge on any atom is -1.00 e. The first kappa shape index (κ1) is 46.2. The Bertz CT molecular complexity index is 521. The van der Waals surface area contributed by atoms with Crippen LogP contribution in [-0.2, 0) is 0 Å². The maximum atomic E-state index is 10.6. The number of aliphatic hydroxyl groups is 4. The van der Waals surface area contributed by atoms with Crippen LogP contribution in [0.25, 0.3) is 0 Å². The largest absolute Gasteiger partial charge is 1.00 e. The molecule has 5 nitrogen and oxygen atoms in total. The van der Waals surface area contributed by atoms with Crippen LogP contribution >= 0.6 is 0 Å². The van der Waals surface area contributed by atoms with E-state index in [9.17, 15) is 20.4 Å². The van der Waals surface area contributed by atoms with Gasteiger partial charge in [0.1, 0.15) is 24.9 Å². The van der Waals surface area contributed by atoms with Crippen molar-refractivity contribution in [2.24, 2.45) is 0 Å². The van der Waals surface area contributed by atoms with E-state index in [0.29, 0.717) is 6.54 Å². The number of unbranched alkanes of at least 4 members (excludes halogenated alkanes) is 26. The van der Waals surface area contributed by atoms with Crippen molar-refractivity contribution in [3.8, 4) is 0 Å². The Morgan fingerprint density at radius 3 is 0.909 bits per heavy atom. The summed E-state index contributed by atoms with van der Waals surface area (Å²) >= 11 is 0. The highest BCUT2D eigenvalue weighted by Gasteiger charge is 2.32. The molecule has 0 heterocycles. The van der Waals surface area contributed by atoms with Crippen LogP contribution in [-0.4, -0.2) is 76.5 Å². The summed E-state index contributed by atoms with van der Waals surface area (Å²) in [7, 11) is 2.20. The topological polar surface area (TPSA) is 80.9 Å². The van der Waals surface area contributed by atoms with Crippen molar-refractivity contribution in [1.29, 1.82) is 0 Å². The lowest BCUT2D eigenvalue weighted by atomic mass is 10.0. The number of nitrogens with zero attached hydrogens (tertiary/aromatic N) is 1. The minimum atomic E-state index is -1.30. The summed E-state index contributed by atoms with van der Waals surface area (Å²) in [5.41, 5.74) is 0. The lowest BCUT2D eigenvalue weighted by molar-refractivity contribution is -0.913. The Morgan fingerprint density at radius 2 is 0.659 bits per heavy atom. The van der Waals surface area contributed by atoms with E-state index in [1.165, 1.54) is 167 Å². The van der Waals surface area contributed by atoms with Gasteiger partial charge in [-0.15, -0.1) is 0 Å². The van der Waals surface area contributed by atoms with Crippen LogP contribution in [0.3, 0.4) is 0 Å². The van der Waals surface area contributed by atoms with E-state index in [2.05, 4.69) is 20.9 Å². The summed E-state index contributed by atoms with van der Waals surface area (Å²) < 4.78 is 0.729. The van der Waals surface area contributed by atoms with Gasteiger partial charge in [-0.3, -0.25) is 0 Å². The molecule has 0 fully saturated rings. The van der Waals surface area contributed by atoms with Crippen molar-refractivity contribution < 1.29 is 37.3 Å². The third kappa shape index (κ3) is 29.5. The first-order valence-corrected chi connectivity index (χ1v) is 19.4. The average Bonchev–Trinajstić information content (AvgIpc) is 3.00. The van der Waals surface area contributed by atoms with E-state index in [1.54, 1.807) is 0 Å². The number of halogens is 1. The zero-order chi connectivity index (χ0) is 31.9. The predicted octanol–water partition coefficient (Wildman–Crippen LogP) is 6.47. The fourth-order valence-electron chi connectivity index (χ4n) is 6.59. The molecule has 0 aliphatic heterocycles. The fraction of sp³-hybridized carbons (Fsp3) is 1.00. The van der Waals surface area contributed by atoms with Gasteiger partial charge >= 0.3 is 0 Å². The van der Waals surface area contributed by atoms with E-state index in [-0.39, 0.29) is 12.4 Å². The predicted molar refractivity (Wildman–Crippen MR) is 187 cm³/mol. The number of aliphatic hydroxyl groups excluding tert-OH is 4. The zero-order valence-electron chi connectivity index (χ0n) is 30.0. The monoisotopic (exact) mass is 650 g/mol. The highest BCUT2D eigenvalue weighted by molar-refractivity contribution is 4.74. The van der Waals surface area contributed by atoms with Crippen molar-refractivity contribution in [3.63, 3.8) is 0 Å². The summed E-state index contributed by atoms with van der Waals surface area (Å²) in [5.74, 6) is 0. The van der Waals surface area contributed by atoms with Crippen molar-refractivity contribution in [2.45, 2.75) is 212 Å². The Kier molecular flexibility index (Phi) is 36.2. The molecule has 0 amide bonds. The van der Waals surface area contributed by atoms with Crippen molar-refractivity contribution >= 4 is 0 Å². The number of quaternary nitrogens is 1. The van der Waals surface area contributed by atoms with Crippen LogP contribution in [0.15, 0.2) is 0 Å². The molecule has 0 unspecified atom stereocenters. The van der Waals surface area contributed by atoms with Gasteiger partial charge in [-0.05, 0) is 25.7 Å². The minimum absolute atomic E-state index is 0. The van der Waals surface area contributed by atoms with Crippen LogP contribution in [0.2, 0.25) is 0 Å². The van der Waals surface area contributed by atoms with Gasteiger partial charge in [0.05, 0.1) is 26.7 Å². The number of hydrogen-bond donors (Lipinski definition) is 4. The third-order valence-corrected chi connectivity index (χ3v) is 9.71. The zero-order valence-corrected chi connectivity index (χ0v) is 30.7. The molecule has 0 bridgehead atoms. The van der Waals surface area contributed by atoms with Gasteiger partial charge in [0.25, 0.3) is 0 Å². The number of likely N-dealkylation sites (N-methyl/N-ethyl adjacent to an activating group) is 1. The van der Waals surface area contributed by atoms with Gasteiger partial charge in [-0.25, -0.2) is 0 Å². The second-order valence-corrected chi connectivity index (χ2v) is 14.2. The van der Waals surface area contributed by atoms with Gasteiger partial charge in [0.2, 0.25) is 0 Å². The average molecular weight is 651 g/mol. The molecule has 0 aromatic heterocycles. The lowest BCUT2D eigenvalue weighted by Gasteiger charge is -2.38. The van der Waals surface area contributed by atoms with Gasteiger partial charge in [-0.2, -0.15) is 0 Å². The molecule has 0 aliphatic carbocycles. The molecular formula is C38H80ClNO4. The van der Waals surface area contributed by atoms with Crippen molar-refractivity contribution in [1.82, 2.24) is 0 Å². The Morgan fingerprint density at radius 1 is 0.409 bits per heavy atom. The fourth-order valence-corrected chi connectivity index (χ4v) is 6.59. The molecule has 6 heteroatoms. The Balaban J connectivity index is 0. The molecule has 268 valence electrons. The first-order valence-electron chi connectivity index (χ1n) is 19.4. The summed E-state index contributed by atoms with van der Waals surface area (Å²) in [6, 6.07) is 0. The molecule has 0 rings (SSSR count). The molecule has 0 saturated carbocycles. The highest BCUT2D eigenvalue weighted by Crippen LogP contribution is 2.18. The van der Waals surface area contributed by atoms with Crippen molar-refractivity contribution in [2.75, 3.05) is 33.3 Å². The first-order chi connectivity index (χ1) is 20.9. The molecule has 0 aromatic rings. The molecule has 0 aromatic carbocycles. The van der Waals surface area contributed by atoms with Gasteiger partial charge in [0.15, 0.2) is 0 Å².